The number of carboxylic acids is 1. The SMILES string of the molecule is CC.Cn1c(Nc2nc3ccc(OC(F)(F)F)cc3o2)nc2cc(C(=O)O)ccc21. The molecule has 0 fully saturated rings. The number of anilines is 2. The van der Waals surface area contributed by atoms with Gasteiger partial charge in [0.25, 0.3) is 0 Å². The third kappa shape index (κ3) is 4.29. The number of nitrogens with one attached hydrogen (secondary N) is 1. The minimum absolute atomic E-state index is 0.0102. The molecule has 0 saturated carbocycles. The maximum Gasteiger partial charge on any atom is 0.573 e. The zero-order valence-electron chi connectivity index (χ0n) is 16.1. The monoisotopic (exact) mass is 422 g/mol. The highest BCUT2D eigenvalue weighted by atomic mass is 19.4. The number of carbonyl (C=O) groups is 1. The van der Waals surface area contributed by atoms with E-state index >= 15 is 0 Å². The number of hydrogen-bond acceptors (Lipinski definition) is 6. The number of oxazole rings is 1. The molecule has 0 amide bonds. The van der Waals surface area contributed by atoms with E-state index in [2.05, 4.69) is 20.0 Å². The van der Waals surface area contributed by atoms with E-state index in [-0.39, 0.29) is 17.2 Å². The van der Waals surface area contributed by atoms with Crippen LogP contribution in [0.4, 0.5) is 25.1 Å². The molecular formula is C19H17F3N4O4. The summed E-state index contributed by atoms with van der Waals surface area (Å²) in [6, 6.07) is 8.05. The molecule has 158 valence electrons. The number of benzene rings is 2. The van der Waals surface area contributed by atoms with Crippen LogP contribution in [-0.4, -0.2) is 32.0 Å². The summed E-state index contributed by atoms with van der Waals surface area (Å²) in [6.45, 7) is 4.00. The summed E-state index contributed by atoms with van der Waals surface area (Å²) in [5.41, 5.74) is 1.63. The lowest BCUT2D eigenvalue weighted by molar-refractivity contribution is -0.274. The number of alkyl halides is 3. The molecule has 2 aromatic carbocycles. The van der Waals surface area contributed by atoms with Crippen molar-refractivity contribution in [3.8, 4) is 5.75 Å². The number of aromatic nitrogens is 3. The molecule has 0 atom stereocenters. The lowest BCUT2D eigenvalue weighted by Crippen LogP contribution is -2.16. The second-order valence-electron chi connectivity index (χ2n) is 5.82. The Hall–Kier alpha value is -3.76. The van der Waals surface area contributed by atoms with Gasteiger partial charge in [0.2, 0.25) is 5.95 Å². The molecule has 2 heterocycles. The van der Waals surface area contributed by atoms with Gasteiger partial charge in [-0.3, -0.25) is 5.32 Å². The van der Waals surface area contributed by atoms with Crippen molar-refractivity contribution in [3.63, 3.8) is 0 Å². The van der Waals surface area contributed by atoms with E-state index < -0.39 is 18.1 Å². The van der Waals surface area contributed by atoms with Crippen LogP contribution in [0, 0.1) is 0 Å². The molecule has 11 heteroatoms. The van der Waals surface area contributed by atoms with E-state index in [1.807, 2.05) is 13.8 Å². The van der Waals surface area contributed by atoms with Gasteiger partial charge in [0, 0.05) is 13.1 Å². The van der Waals surface area contributed by atoms with Gasteiger partial charge in [-0.05, 0) is 30.3 Å². The lowest BCUT2D eigenvalue weighted by Gasteiger charge is -2.07. The highest BCUT2D eigenvalue weighted by Gasteiger charge is 2.31. The quantitative estimate of drug-likeness (QED) is 0.473. The minimum atomic E-state index is -4.81. The van der Waals surface area contributed by atoms with Crippen LogP contribution in [0.3, 0.4) is 0 Å². The molecule has 2 N–H and O–H groups in total. The van der Waals surface area contributed by atoms with E-state index in [1.54, 1.807) is 17.7 Å². The second-order valence-corrected chi connectivity index (χ2v) is 5.82. The highest BCUT2D eigenvalue weighted by Crippen LogP contribution is 2.29. The Bertz CT molecular complexity index is 1210. The Morgan fingerprint density at radius 1 is 1.13 bits per heavy atom. The summed E-state index contributed by atoms with van der Waals surface area (Å²) in [7, 11) is 1.70. The molecule has 0 radical (unpaired) electrons. The summed E-state index contributed by atoms with van der Waals surface area (Å²) in [5.74, 6) is -1.18. The standard InChI is InChI=1S/C17H11F3N4O4.C2H6/c1-24-12-5-2-8(14(25)26)6-11(12)21-15(24)23-16-22-10-4-3-9(7-13(10)27-16)28-17(18,19)20;1-2/h2-7H,1H3,(H,25,26)(H,21,22,23);1-2H3. The van der Waals surface area contributed by atoms with Crippen LogP contribution in [0.25, 0.3) is 22.1 Å². The summed E-state index contributed by atoms with van der Waals surface area (Å²) >= 11 is 0. The molecule has 2 aromatic heterocycles. The molecule has 30 heavy (non-hydrogen) atoms. The predicted molar refractivity (Wildman–Crippen MR) is 103 cm³/mol. The van der Waals surface area contributed by atoms with Gasteiger partial charge in [-0.1, -0.05) is 13.8 Å². The zero-order chi connectivity index (χ0) is 22.1. The molecule has 0 bridgehead atoms. The van der Waals surface area contributed by atoms with E-state index in [4.69, 9.17) is 9.52 Å². The molecule has 4 aromatic rings. The van der Waals surface area contributed by atoms with Gasteiger partial charge in [-0.25, -0.2) is 9.78 Å². The van der Waals surface area contributed by atoms with Crippen molar-refractivity contribution in [2.45, 2.75) is 20.2 Å². The zero-order valence-corrected chi connectivity index (χ0v) is 16.1. The lowest BCUT2D eigenvalue weighted by atomic mass is 10.2. The average Bonchev–Trinajstić information content (AvgIpc) is 3.22. The number of fused-ring (bicyclic) bond motifs is 2. The first-order chi connectivity index (χ1) is 14.2. The Kier molecular flexibility index (Phi) is 5.54. The number of aromatic carboxylic acids is 1. The van der Waals surface area contributed by atoms with Gasteiger partial charge in [0.1, 0.15) is 11.3 Å². The van der Waals surface area contributed by atoms with Crippen molar-refractivity contribution in [3.05, 3.63) is 42.0 Å². The van der Waals surface area contributed by atoms with Gasteiger partial charge < -0.3 is 18.8 Å². The van der Waals surface area contributed by atoms with E-state index in [9.17, 15) is 18.0 Å². The highest BCUT2D eigenvalue weighted by molar-refractivity contribution is 5.93. The van der Waals surface area contributed by atoms with Crippen LogP contribution < -0.4 is 10.1 Å². The summed E-state index contributed by atoms with van der Waals surface area (Å²) in [6.07, 6.45) is -4.81. The molecule has 0 unspecified atom stereocenters. The maximum atomic E-state index is 12.3. The minimum Gasteiger partial charge on any atom is -0.478 e. The first kappa shape index (κ1) is 21.0. The first-order valence-electron chi connectivity index (χ1n) is 8.83. The van der Waals surface area contributed by atoms with Crippen molar-refractivity contribution >= 4 is 40.1 Å². The smallest absolute Gasteiger partial charge is 0.478 e. The average molecular weight is 422 g/mol. The molecule has 4 rings (SSSR count). The predicted octanol–water partition coefficient (Wildman–Crippen LogP) is 5.08. The second kappa shape index (κ2) is 7.93. The number of rotatable bonds is 4. The van der Waals surface area contributed by atoms with Gasteiger partial charge in [-0.2, -0.15) is 4.98 Å². The van der Waals surface area contributed by atoms with Crippen molar-refractivity contribution in [2.24, 2.45) is 7.05 Å². The fourth-order valence-electron chi connectivity index (χ4n) is 2.70. The fourth-order valence-corrected chi connectivity index (χ4v) is 2.70. The van der Waals surface area contributed by atoms with E-state index in [0.717, 1.165) is 12.1 Å². The van der Waals surface area contributed by atoms with E-state index in [0.29, 0.717) is 22.5 Å². The van der Waals surface area contributed by atoms with Crippen molar-refractivity contribution in [2.75, 3.05) is 5.32 Å². The maximum absolute atomic E-state index is 12.3. The number of aryl methyl sites for hydroxylation is 1. The van der Waals surface area contributed by atoms with Crippen LogP contribution in [0.15, 0.2) is 40.8 Å². The fraction of sp³-hybridized carbons (Fsp3) is 0.211. The van der Waals surface area contributed by atoms with Gasteiger partial charge in [-0.15, -0.1) is 13.2 Å². The number of halogens is 3. The Balaban J connectivity index is 0.00000124. The van der Waals surface area contributed by atoms with Crippen LogP contribution in [-0.2, 0) is 7.05 Å². The summed E-state index contributed by atoms with van der Waals surface area (Å²) in [4.78, 5) is 19.5. The van der Waals surface area contributed by atoms with Crippen LogP contribution in [0.5, 0.6) is 5.75 Å². The molecule has 0 saturated heterocycles. The molecular weight excluding hydrogens is 405 g/mol. The number of carboxylic acid groups (broad SMARTS) is 1. The van der Waals surface area contributed by atoms with Crippen LogP contribution in [0.2, 0.25) is 0 Å². The third-order valence-electron chi connectivity index (χ3n) is 3.94. The first-order valence-corrected chi connectivity index (χ1v) is 8.83. The van der Waals surface area contributed by atoms with Crippen molar-refractivity contribution in [1.29, 1.82) is 0 Å². The van der Waals surface area contributed by atoms with Gasteiger partial charge in [0.15, 0.2) is 5.58 Å². The molecule has 0 spiro atoms. The number of imidazole rings is 1. The number of ether oxygens (including phenoxy) is 1. The summed E-state index contributed by atoms with van der Waals surface area (Å²) in [5, 5.41) is 11.9. The number of hydrogen-bond donors (Lipinski definition) is 2. The van der Waals surface area contributed by atoms with Gasteiger partial charge in [0.05, 0.1) is 16.6 Å². The van der Waals surface area contributed by atoms with E-state index in [1.165, 1.54) is 18.2 Å². The number of nitrogens with zero attached hydrogens (tertiary/aromatic N) is 3. The Labute approximate surface area is 167 Å². The van der Waals surface area contributed by atoms with Crippen molar-refractivity contribution in [1.82, 2.24) is 14.5 Å². The molecule has 0 aliphatic carbocycles. The molecule has 0 aliphatic rings. The largest absolute Gasteiger partial charge is 0.573 e. The van der Waals surface area contributed by atoms with Crippen LogP contribution in [0.1, 0.15) is 24.2 Å². The molecule has 0 aliphatic heterocycles. The Morgan fingerprint density at radius 3 is 2.53 bits per heavy atom. The third-order valence-corrected chi connectivity index (χ3v) is 3.94. The Morgan fingerprint density at radius 2 is 1.87 bits per heavy atom. The van der Waals surface area contributed by atoms with Crippen molar-refractivity contribution < 1.29 is 32.2 Å². The van der Waals surface area contributed by atoms with Crippen LogP contribution >= 0.6 is 0 Å². The normalized spacial score (nSPS) is 11.3. The topological polar surface area (TPSA) is 102 Å². The van der Waals surface area contributed by atoms with Gasteiger partial charge >= 0.3 is 18.3 Å². The molecule has 8 nitrogen and oxygen atoms in total. The summed E-state index contributed by atoms with van der Waals surface area (Å²) < 4.78 is 47.9.